The van der Waals surface area contributed by atoms with Crippen molar-refractivity contribution < 1.29 is 14.3 Å². The van der Waals surface area contributed by atoms with Crippen molar-refractivity contribution in [1.29, 1.82) is 0 Å². The average molecular weight is 354 g/mol. The van der Waals surface area contributed by atoms with Crippen LogP contribution >= 0.6 is 0 Å². The summed E-state index contributed by atoms with van der Waals surface area (Å²) in [6.07, 6.45) is 4.82. The zero-order valence-corrected chi connectivity index (χ0v) is 15.4. The molecule has 1 aliphatic rings. The summed E-state index contributed by atoms with van der Waals surface area (Å²) in [5, 5.41) is 6.14. The third-order valence-electron chi connectivity index (χ3n) is 4.44. The molecule has 0 saturated carbocycles. The summed E-state index contributed by atoms with van der Waals surface area (Å²) in [6, 6.07) is 13.3. The van der Waals surface area contributed by atoms with Gasteiger partial charge in [0.25, 0.3) is 0 Å². The Balaban J connectivity index is 1.52. The van der Waals surface area contributed by atoms with Gasteiger partial charge in [-0.2, -0.15) is 0 Å². The van der Waals surface area contributed by atoms with Crippen molar-refractivity contribution in [3.8, 4) is 11.5 Å². The molecule has 1 amide bonds. The van der Waals surface area contributed by atoms with Gasteiger partial charge in [-0.3, -0.25) is 4.79 Å². The summed E-state index contributed by atoms with van der Waals surface area (Å²) in [5.74, 6) is 1.26. The Kier molecular flexibility index (Phi) is 6.00. The fourth-order valence-corrected chi connectivity index (χ4v) is 2.89. The predicted molar refractivity (Wildman–Crippen MR) is 104 cm³/mol. The predicted octanol–water partition coefficient (Wildman–Crippen LogP) is 4.59. The average Bonchev–Trinajstić information content (AvgIpc) is 3.11. The van der Waals surface area contributed by atoms with Crippen LogP contribution in [-0.2, 0) is 11.2 Å². The Bertz CT molecular complexity index is 743. The Morgan fingerprint density at radius 1 is 1.04 bits per heavy atom. The number of carbonyl (C=O) groups is 1. The fourth-order valence-electron chi connectivity index (χ4n) is 2.89. The van der Waals surface area contributed by atoms with Crippen LogP contribution in [0.25, 0.3) is 0 Å². The fraction of sp³-hybridized carbons (Fsp3) is 0.381. The highest BCUT2D eigenvalue weighted by molar-refractivity contribution is 5.96. The van der Waals surface area contributed by atoms with Crippen molar-refractivity contribution in [2.45, 2.75) is 45.6 Å². The van der Waals surface area contributed by atoms with Gasteiger partial charge >= 0.3 is 0 Å². The first-order valence-electron chi connectivity index (χ1n) is 9.21. The maximum absolute atomic E-state index is 12.4. The van der Waals surface area contributed by atoms with Gasteiger partial charge in [0.1, 0.15) is 6.04 Å². The van der Waals surface area contributed by atoms with Crippen LogP contribution in [0.2, 0.25) is 0 Å². The van der Waals surface area contributed by atoms with Gasteiger partial charge in [0, 0.05) is 17.4 Å². The second-order valence-corrected chi connectivity index (χ2v) is 6.58. The molecule has 0 fully saturated rings. The van der Waals surface area contributed by atoms with Crippen LogP contribution in [-0.4, -0.2) is 18.7 Å². The van der Waals surface area contributed by atoms with E-state index in [1.165, 1.54) is 24.8 Å². The third-order valence-corrected chi connectivity index (χ3v) is 4.44. The largest absolute Gasteiger partial charge is 0.454 e. The number of anilines is 2. The van der Waals surface area contributed by atoms with Crippen LogP contribution in [0.5, 0.6) is 11.5 Å². The molecule has 26 heavy (non-hydrogen) atoms. The van der Waals surface area contributed by atoms with Gasteiger partial charge < -0.3 is 20.1 Å². The summed E-state index contributed by atoms with van der Waals surface area (Å²) in [6.45, 7) is 4.28. The Hall–Kier alpha value is -2.69. The second-order valence-electron chi connectivity index (χ2n) is 6.58. The van der Waals surface area contributed by atoms with Gasteiger partial charge in [0.2, 0.25) is 12.7 Å². The lowest BCUT2D eigenvalue weighted by molar-refractivity contribution is -0.116. The normalized spacial score (nSPS) is 13.3. The minimum atomic E-state index is -0.355. The maximum Gasteiger partial charge on any atom is 0.246 e. The number of nitrogens with one attached hydrogen (secondary N) is 2. The molecule has 0 spiro atoms. The number of hydrogen-bond donors (Lipinski definition) is 2. The van der Waals surface area contributed by atoms with Gasteiger partial charge in [-0.1, -0.05) is 31.9 Å². The summed E-state index contributed by atoms with van der Waals surface area (Å²) in [7, 11) is 0. The Morgan fingerprint density at radius 3 is 2.54 bits per heavy atom. The minimum absolute atomic E-state index is 0.101. The van der Waals surface area contributed by atoms with Crippen LogP contribution in [0.3, 0.4) is 0 Å². The number of unbranched alkanes of at least 4 members (excludes halogenated alkanes) is 2. The topological polar surface area (TPSA) is 59.6 Å². The van der Waals surface area contributed by atoms with Crippen molar-refractivity contribution in [1.82, 2.24) is 0 Å². The number of rotatable bonds is 8. The number of amides is 1. The highest BCUT2D eigenvalue weighted by atomic mass is 16.7. The number of benzene rings is 2. The van der Waals surface area contributed by atoms with Gasteiger partial charge in [-0.15, -0.1) is 0 Å². The van der Waals surface area contributed by atoms with E-state index in [9.17, 15) is 4.79 Å². The molecule has 0 bridgehead atoms. The van der Waals surface area contributed by atoms with Gasteiger partial charge in [0.15, 0.2) is 11.5 Å². The molecule has 1 atom stereocenters. The number of ether oxygens (including phenoxy) is 2. The molecule has 1 heterocycles. The molecular formula is C21H26N2O3. The van der Waals surface area contributed by atoms with E-state index in [2.05, 4.69) is 29.7 Å². The molecule has 2 aromatic carbocycles. The van der Waals surface area contributed by atoms with E-state index in [1.807, 2.05) is 25.1 Å². The molecule has 5 heteroatoms. The lowest BCUT2D eigenvalue weighted by Crippen LogP contribution is -2.31. The summed E-state index contributed by atoms with van der Waals surface area (Å²) < 4.78 is 10.6. The van der Waals surface area contributed by atoms with Gasteiger partial charge in [-0.05, 0) is 49.6 Å². The van der Waals surface area contributed by atoms with Gasteiger partial charge in [-0.25, -0.2) is 0 Å². The van der Waals surface area contributed by atoms with Gasteiger partial charge in [0.05, 0.1) is 0 Å². The molecule has 2 N–H and O–H groups in total. The van der Waals surface area contributed by atoms with E-state index in [0.29, 0.717) is 17.2 Å². The third kappa shape index (κ3) is 4.69. The number of carbonyl (C=O) groups excluding carboxylic acids is 1. The van der Waals surface area contributed by atoms with Crippen molar-refractivity contribution in [3.63, 3.8) is 0 Å². The lowest BCUT2D eigenvalue weighted by atomic mass is 10.1. The first kappa shape index (κ1) is 18.1. The lowest BCUT2D eigenvalue weighted by Gasteiger charge is -2.16. The van der Waals surface area contributed by atoms with E-state index in [-0.39, 0.29) is 18.7 Å². The Morgan fingerprint density at radius 2 is 1.77 bits per heavy atom. The standard InChI is InChI=1S/C21H26N2O3/c1-3-4-5-6-16-7-9-17(10-8-16)22-15(2)21(24)23-18-11-12-19-20(13-18)26-14-25-19/h7-13,15,22H,3-6,14H2,1-2H3,(H,23,24)/t15-/m0/s1. The Labute approximate surface area is 154 Å². The molecule has 0 saturated heterocycles. The van der Waals surface area contributed by atoms with Crippen LogP contribution in [0.4, 0.5) is 11.4 Å². The molecule has 3 rings (SSSR count). The number of aryl methyl sites for hydroxylation is 1. The summed E-state index contributed by atoms with van der Waals surface area (Å²) in [5.41, 5.74) is 2.97. The van der Waals surface area contributed by atoms with E-state index in [0.717, 1.165) is 12.1 Å². The highest BCUT2D eigenvalue weighted by Crippen LogP contribution is 2.34. The van der Waals surface area contributed by atoms with E-state index in [1.54, 1.807) is 12.1 Å². The molecule has 138 valence electrons. The van der Waals surface area contributed by atoms with Crippen molar-refractivity contribution in [3.05, 3.63) is 48.0 Å². The van der Waals surface area contributed by atoms with Crippen molar-refractivity contribution >= 4 is 17.3 Å². The minimum Gasteiger partial charge on any atom is -0.454 e. The molecule has 0 aromatic heterocycles. The van der Waals surface area contributed by atoms with E-state index in [4.69, 9.17) is 9.47 Å². The monoisotopic (exact) mass is 354 g/mol. The van der Waals surface area contributed by atoms with E-state index >= 15 is 0 Å². The van der Waals surface area contributed by atoms with Crippen LogP contribution in [0.1, 0.15) is 38.7 Å². The zero-order valence-electron chi connectivity index (χ0n) is 15.4. The molecule has 1 aliphatic heterocycles. The maximum atomic E-state index is 12.4. The zero-order chi connectivity index (χ0) is 18.4. The van der Waals surface area contributed by atoms with Crippen LogP contribution in [0.15, 0.2) is 42.5 Å². The quantitative estimate of drug-likeness (QED) is 0.681. The molecule has 0 radical (unpaired) electrons. The first-order chi connectivity index (χ1) is 12.7. The molecule has 0 unspecified atom stereocenters. The SMILES string of the molecule is CCCCCc1ccc(N[C@@H](C)C(=O)Nc2ccc3c(c2)OCO3)cc1. The highest BCUT2D eigenvalue weighted by Gasteiger charge is 2.16. The van der Waals surface area contributed by atoms with E-state index < -0.39 is 0 Å². The van der Waals surface area contributed by atoms with Crippen LogP contribution < -0.4 is 20.1 Å². The second kappa shape index (κ2) is 8.61. The molecular weight excluding hydrogens is 328 g/mol. The first-order valence-corrected chi connectivity index (χ1v) is 9.21. The van der Waals surface area contributed by atoms with Crippen molar-refractivity contribution in [2.24, 2.45) is 0 Å². The van der Waals surface area contributed by atoms with Crippen molar-refractivity contribution in [2.75, 3.05) is 17.4 Å². The summed E-state index contributed by atoms with van der Waals surface area (Å²) in [4.78, 5) is 12.4. The molecule has 5 nitrogen and oxygen atoms in total. The molecule has 0 aliphatic carbocycles. The summed E-state index contributed by atoms with van der Waals surface area (Å²) >= 11 is 0. The smallest absolute Gasteiger partial charge is 0.246 e. The molecule has 2 aromatic rings. The number of fused-ring (bicyclic) bond motifs is 1. The number of hydrogen-bond acceptors (Lipinski definition) is 4. The van der Waals surface area contributed by atoms with Crippen LogP contribution in [0, 0.1) is 0 Å².